The van der Waals surface area contributed by atoms with Gasteiger partial charge in [-0.05, 0) is 43.4 Å². The maximum atomic E-state index is 12.9. The van der Waals surface area contributed by atoms with Gasteiger partial charge in [0.05, 0.1) is 11.8 Å². The van der Waals surface area contributed by atoms with Crippen molar-refractivity contribution in [1.29, 1.82) is 0 Å². The number of urea groups is 1. The van der Waals surface area contributed by atoms with Crippen molar-refractivity contribution in [2.45, 2.75) is 32.6 Å². The Bertz CT molecular complexity index is 735. The predicted octanol–water partition coefficient (Wildman–Crippen LogP) is 2.03. The van der Waals surface area contributed by atoms with E-state index in [0.29, 0.717) is 32.5 Å². The van der Waals surface area contributed by atoms with Gasteiger partial charge in [0.25, 0.3) is 0 Å². The quantitative estimate of drug-likeness (QED) is 0.540. The monoisotopic (exact) mass is 328 g/mol. The number of nitrogens with zero attached hydrogens (tertiary/aromatic N) is 2. The number of fused-ring (bicyclic) bond motifs is 1. The van der Waals surface area contributed by atoms with Crippen molar-refractivity contribution in [2.75, 3.05) is 24.5 Å². The zero-order valence-electron chi connectivity index (χ0n) is 13.7. The Balaban J connectivity index is 1.48. The summed E-state index contributed by atoms with van der Waals surface area (Å²) in [5.74, 6) is -0.856. The second-order valence-corrected chi connectivity index (χ2v) is 7.02. The second-order valence-electron chi connectivity index (χ2n) is 7.02. The van der Waals surface area contributed by atoms with Gasteiger partial charge in [0, 0.05) is 25.3 Å². The molecule has 3 heterocycles. The molecule has 0 aromatic heterocycles. The van der Waals surface area contributed by atoms with Gasteiger partial charge >= 0.3 is 18.0 Å². The molecule has 1 aromatic carbocycles. The molecule has 2 saturated heterocycles. The minimum Gasteiger partial charge on any atom is -0.393 e. The van der Waals surface area contributed by atoms with Crippen LogP contribution in [0.25, 0.3) is 0 Å². The lowest BCUT2D eigenvalue weighted by Crippen LogP contribution is -2.49. The van der Waals surface area contributed by atoms with Crippen LogP contribution in [0.3, 0.4) is 0 Å². The maximum absolute atomic E-state index is 12.9. The number of piperidine rings is 1. The Labute approximate surface area is 140 Å². The molecular formula is C18H20N2O4. The van der Waals surface area contributed by atoms with E-state index in [-0.39, 0.29) is 12.5 Å². The number of hydrogen-bond acceptors (Lipinski definition) is 4. The van der Waals surface area contributed by atoms with E-state index in [4.69, 9.17) is 4.74 Å². The van der Waals surface area contributed by atoms with Gasteiger partial charge in [-0.3, -0.25) is 14.5 Å². The lowest BCUT2D eigenvalue weighted by Gasteiger charge is -2.37. The maximum Gasteiger partial charge on any atom is 0.324 e. The highest BCUT2D eigenvalue weighted by Crippen LogP contribution is 2.41. The minimum atomic E-state index is -0.701. The lowest BCUT2D eigenvalue weighted by molar-refractivity contribution is -0.156. The number of cyclic esters (lactones) is 2. The van der Waals surface area contributed by atoms with Crippen molar-refractivity contribution in [2.24, 2.45) is 5.41 Å². The Morgan fingerprint density at radius 3 is 2.58 bits per heavy atom. The van der Waals surface area contributed by atoms with Crippen LogP contribution in [0.2, 0.25) is 0 Å². The molecule has 3 aliphatic heterocycles. The van der Waals surface area contributed by atoms with Crippen LogP contribution in [-0.2, 0) is 20.7 Å². The molecule has 6 nitrogen and oxygen atoms in total. The van der Waals surface area contributed by atoms with Gasteiger partial charge in [-0.1, -0.05) is 12.1 Å². The molecule has 3 aliphatic rings. The summed E-state index contributed by atoms with van der Waals surface area (Å²) in [5.41, 5.74) is 2.63. The number of rotatable bonds is 0. The van der Waals surface area contributed by atoms with Crippen LogP contribution in [0, 0.1) is 12.3 Å². The van der Waals surface area contributed by atoms with Gasteiger partial charge in [-0.15, -0.1) is 0 Å². The van der Waals surface area contributed by atoms with Crippen LogP contribution in [0.1, 0.15) is 30.4 Å². The van der Waals surface area contributed by atoms with Gasteiger partial charge in [-0.25, -0.2) is 4.79 Å². The molecule has 0 aliphatic carbocycles. The lowest BCUT2D eigenvalue weighted by atomic mass is 9.77. The molecule has 1 aromatic rings. The fourth-order valence-electron chi connectivity index (χ4n) is 3.96. The van der Waals surface area contributed by atoms with Crippen molar-refractivity contribution in [3.63, 3.8) is 0 Å². The average Bonchev–Trinajstić information content (AvgIpc) is 3.08. The summed E-state index contributed by atoms with van der Waals surface area (Å²) in [5, 5.41) is 0. The van der Waals surface area contributed by atoms with E-state index in [0.717, 1.165) is 17.7 Å². The number of aryl methyl sites for hydroxylation is 1. The van der Waals surface area contributed by atoms with E-state index in [1.165, 1.54) is 5.56 Å². The van der Waals surface area contributed by atoms with Crippen molar-refractivity contribution >= 4 is 23.7 Å². The molecule has 0 bridgehead atoms. The number of amides is 2. The zero-order valence-corrected chi connectivity index (χ0v) is 13.7. The average molecular weight is 328 g/mol. The van der Waals surface area contributed by atoms with Crippen LogP contribution < -0.4 is 4.90 Å². The zero-order chi connectivity index (χ0) is 16.9. The number of carbonyl (C=O) groups is 3. The Morgan fingerprint density at radius 2 is 1.92 bits per heavy atom. The number of hydrogen-bond donors (Lipinski definition) is 0. The standard InChI is InChI=1S/C18H20N2O4/c1-12-2-3-13-4-7-20(14(13)10-12)17(23)19-8-5-18(6-9-19)11-15(21)24-16(18)22/h2-3,10H,4-9,11H2,1H3. The van der Waals surface area contributed by atoms with E-state index in [1.807, 2.05) is 11.8 Å². The molecule has 0 saturated carbocycles. The van der Waals surface area contributed by atoms with Crippen molar-refractivity contribution in [3.8, 4) is 0 Å². The highest BCUT2D eigenvalue weighted by molar-refractivity contribution is 5.98. The molecule has 1 spiro atoms. The molecule has 2 fully saturated rings. The third-order valence-electron chi connectivity index (χ3n) is 5.48. The fourth-order valence-corrected chi connectivity index (χ4v) is 3.96. The number of carbonyl (C=O) groups excluding carboxylic acids is 3. The third-order valence-corrected chi connectivity index (χ3v) is 5.48. The molecule has 6 heteroatoms. The van der Waals surface area contributed by atoms with Gasteiger partial charge in [0.1, 0.15) is 0 Å². The van der Waals surface area contributed by atoms with Crippen molar-refractivity contribution < 1.29 is 19.1 Å². The van der Waals surface area contributed by atoms with Crippen LogP contribution in [0.4, 0.5) is 10.5 Å². The molecule has 0 atom stereocenters. The van der Waals surface area contributed by atoms with E-state index in [2.05, 4.69) is 18.2 Å². The van der Waals surface area contributed by atoms with Gasteiger partial charge in [-0.2, -0.15) is 0 Å². The molecular weight excluding hydrogens is 308 g/mol. The Hall–Kier alpha value is -2.37. The van der Waals surface area contributed by atoms with Crippen LogP contribution in [-0.4, -0.2) is 42.5 Å². The van der Waals surface area contributed by atoms with Crippen molar-refractivity contribution in [3.05, 3.63) is 29.3 Å². The first-order valence-corrected chi connectivity index (χ1v) is 8.40. The second kappa shape index (κ2) is 5.33. The number of ether oxygens (including phenoxy) is 1. The fraction of sp³-hybridized carbons (Fsp3) is 0.500. The summed E-state index contributed by atoms with van der Waals surface area (Å²) >= 11 is 0. The summed E-state index contributed by atoms with van der Waals surface area (Å²) in [6, 6.07) is 6.20. The summed E-state index contributed by atoms with van der Waals surface area (Å²) in [4.78, 5) is 39.8. The van der Waals surface area contributed by atoms with Gasteiger partial charge in [0.15, 0.2) is 0 Å². The molecule has 24 heavy (non-hydrogen) atoms. The summed E-state index contributed by atoms with van der Waals surface area (Å²) in [6.07, 6.45) is 2.02. The van der Waals surface area contributed by atoms with Gasteiger partial charge < -0.3 is 9.64 Å². The Morgan fingerprint density at radius 1 is 1.17 bits per heavy atom. The number of benzene rings is 1. The van der Waals surface area contributed by atoms with E-state index >= 15 is 0 Å². The molecule has 126 valence electrons. The summed E-state index contributed by atoms with van der Waals surface area (Å²) < 4.78 is 4.72. The Kier molecular flexibility index (Phi) is 3.37. The molecule has 0 unspecified atom stereocenters. The first-order chi connectivity index (χ1) is 11.5. The molecule has 4 rings (SSSR count). The summed E-state index contributed by atoms with van der Waals surface area (Å²) in [7, 11) is 0. The van der Waals surface area contributed by atoms with Gasteiger partial charge in [0.2, 0.25) is 0 Å². The first-order valence-electron chi connectivity index (χ1n) is 8.40. The number of anilines is 1. The normalized spacial score (nSPS) is 22.0. The van der Waals surface area contributed by atoms with Crippen LogP contribution >= 0.6 is 0 Å². The van der Waals surface area contributed by atoms with Crippen LogP contribution in [0.15, 0.2) is 18.2 Å². The number of likely N-dealkylation sites (tertiary alicyclic amines) is 1. The van der Waals surface area contributed by atoms with E-state index in [9.17, 15) is 14.4 Å². The number of esters is 2. The first kappa shape index (κ1) is 15.2. The molecule has 0 radical (unpaired) electrons. The third kappa shape index (κ3) is 2.28. The van der Waals surface area contributed by atoms with Crippen molar-refractivity contribution in [1.82, 2.24) is 4.90 Å². The smallest absolute Gasteiger partial charge is 0.324 e. The largest absolute Gasteiger partial charge is 0.393 e. The minimum absolute atomic E-state index is 0.00751. The SMILES string of the molecule is Cc1ccc2c(c1)N(C(=O)N1CCC3(CC1)CC(=O)OC3=O)CC2. The van der Waals surface area contributed by atoms with E-state index < -0.39 is 17.4 Å². The molecule has 2 amide bonds. The van der Waals surface area contributed by atoms with E-state index in [1.54, 1.807) is 4.90 Å². The topological polar surface area (TPSA) is 66.9 Å². The highest BCUT2D eigenvalue weighted by Gasteiger charge is 2.51. The highest BCUT2D eigenvalue weighted by atomic mass is 16.6. The molecule has 0 N–H and O–H groups in total. The van der Waals surface area contributed by atoms with Crippen LogP contribution in [0.5, 0.6) is 0 Å². The summed E-state index contributed by atoms with van der Waals surface area (Å²) in [6.45, 7) is 3.69. The predicted molar refractivity (Wildman–Crippen MR) is 86.6 cm³/mol.